The standard InChI is InChI=1S/C18H14N2O/c1-18(21,15-7-4-13(12-19)5-8-15)16-9-6-14-3-2-10-20-17(14)11-16/h2-11,21H,1H3. The number of nitriles is 1. The van der Waals surface area contributed by atoms with Crippen LogP contribution >= 0.6 is 0 Å². The Morgan fingerprint density at radius 3 is 2.48 bits per heavy atom. The van der Waals surface area contributed by atoms with E-state index in [0.29, 0.717) is 5.56 Å². The van der Waals surface area contributed by atoms with Gasteiger partial charge in [0.2, 0.25) is 0 Å². The fourth-order valence-electron chi connectivity index (χ4n) is 2.41. The summed E-state index contributed by atoms with van der Waals surface area (Å²) in [7, 11) is 0. The van der Waals surface area contributed by atoms with Gasteiger partial charge in [0, 0.05) is 11.6 Å². The van der Waals surface area contributed by atoms with Crippen molar-refractivity contribution in [2.75, 3.05) is 0 Å². The molecule has 0 saturated carbocycles. The fourth-order valence-corrected chi connectivity index (χ4v) is 2.41. The van der Waals surface area contributed by atoms with E-state index < -0.39 is 5.60 Å². The maximum Gasteiger partial charge on any atom is 0.112 e. The highest BCUT2D eigenvalue weighted by Crippen LogP contribution is 2.30. The lowest BCUT2D eigenvalue weighted by molar-refractivity contribution is 0.102. The molecule has 0 amide bonds. The highest BCUT2D eigenvalue weighted by Gasteiger charge is 2.25. The zero-order valence-electron chi connectivity index (χ0n) is 11.6. The number of aromatic nitrogens is 1. The molecule has 0 aliphatic heterocycles. The summed E-state index contributed by atoms with van der Waals surface area (Å²) < 4.78 is 0. The Kier molecular flexibility index (Phi) is 3.17. The summed E-state index contributed by atoms with van der Waals surface area (Å²) >= 11 is 0. The van der Waals surface area contributed by atoms with E-state index in [4.69, 9.17) is 5.26 Å². The minimum absolute atomic E-state index is 0.578. The molecule has 0 spiro atoms. The third-order valence-electron chi connectivity index (χ3n) is 3.74. The summed E-state index contributed by atoms with van der Waals surface area (Å²) in [5.74, 6) is 0. The van der Waals surface area contributed by atoms with Crippen LogP contribution in [0.2, 0.25) is 0 Å². The van der Waals surface area contributed by atoms with Gasteiger partial charge >= 0.3 is 0 Å². The van der Waals surface area contributed by atoms with Crippen LogP contribution in [0.15, 0.2) is 60.8 Å². The monoisotopic (exact) mass is 274 g/mol. The maximum atomic E-state index is 10.9. The number of benzene rings is 2. The van der Waals surface area contributed by atoms with Crippen molar-refractivity contribution >= 4 is 10.9 Å². The molecule has 0 aliphatic carbocycles. The van der Waals surface area contributed by atoms with Gasteiger partial charge in [-0.2, -0.15) is 5.26 Å². The predicted molar refractivity (Wildman–Crippen MR) is 81.6 cm³/mol. The Hall–Kier alpha value is -2.70. The molecule has 0 radical (unpaired) electrons. The predicted octanol–water partition coefficient (Wildman–Crippen LogP) is 3.36. The van der Waals surface area contributed by atoms with Crippen LogP contribution in [0, 0.1) is 11.3 Å². The molecule has 3 rings (SSSR count). The van der Waals surface area contributed by atoms with Crippen molar-refractivity contribution in [1.82, 2.24) is 4.98 Å². The van der Waals surface area contributed by atoms with Gasteiger partial charge in [0.25, 0.3) is 0 Å². The third kappa shape index (κ3) is 2.37. The van der Waals surface area contributed by atoms with Gasteiger partial charge < -0.3 is 5.11 Å². The zero-order valence-corrected chi connectivity index (χ0v) is 11.6. The Labute approximate surface area is 123 Å². The van der Waals surface area contributed by atoms with Crippen LogP contribution in [-0.4, -0.2) is 10.1 Å². The molecule has 0 fully saturated rings. The van der Waals surface area contributed by atoms with E-state index in [9.17, 15) is 5.11 Å². The molecule has 3 heteroatoms. The number of nitrogens with zero attached hydrogens (tertiary/aromatic N) is 2. The van der Waals surface area contributed by atoms with Gasteiger partial charge in [0.1, 0.15) is 5.60 Å². The average molecular weight is 274 g/mol. The Balaban J connectivity index is 2.07. The molecule has 1 unspecified atom stereocenters. The largest absolute Gasteiger partial charge is 0.381 e. The Bertz CT molecular complexity index is 830. The zero-order chi connectivity index (χ0) is 14.9. The second kappa shape index (κ2) is 5.01. The molecule has 1 N–H and O–H groups in total. The second-order valence-electron chi connectivity index (χ2n) is 5.17. The molecule has 0 aliphatic rings. The smallest absolute Gasteiger partial charge is 0.112 e. The van der Waals surface area contributed by atoms with Crippen molar-refractivity contribution in [3.63, 3.8) is 0 Å². The Morgan fingerprint density at radius 2 is 1.76 bits per heavy atom. The number of rotatable bonds is 2. The molecule has 3 nitrogen and oxygen atoms in total. The SMILES string of the molecule is CC(O)(c1ccc(C#N)cc1)c1ccc2cccnc2c1. The van der Waals surface area contributed by atoms with Gasteiger partial charge in [-0.05, 0) is 42.3 Å². The van der Waals surface area contributed by atoms with Gasteiger partial charge in [0.05, 0.1) is 17.1 Å². The number of hydrogen-bond donors (Lipinski definition) is 1. The molecule has 21 heavy (non-hydrogen) atoms. The molecule has 102 valence electrons. The van der Waals surface area contributed by atoms with E-state index in [1.54, 1.807) is 37.4 Å². The van der Waals surface area contributed by atoms with Crippen molar-refractivity contribution in [1.29, 1.82) is 5.26 Å². The van der Waals surface area contributed by atoms with Gasteiger partial charge in [-0.1, -0.05) is 30.3 Å². The second-order valence-corrected chi connectivity index (χ2v) is 5.17. The van der Waals surface area contributed by atoms with Gasteiger partial charge in [0.15, 0.2) is 0 Å². The van der Waals surface area contributed by atoms with Crippen molar-refractivity contribution in [2.24, 2.45) is 0 Å². The number of aliphatic hydroxyl groups is 1. The number of fused-ring (bicyclic) bond motifs is 1. The minimum atomic E-state index is -1.13. The van der Waals surface area contributed by atoms with Crippen LogP contribution in [0.5, 0.6) is 0 Å². The first-order chi connectivity index (χ1) is 10.1. The van der Waals surface area contributed by atoms with Gasteiger partial charge in [-0.15, -0.1) is 0 Å². The summed E-state index contributed by atoms with van der Waals surface area (Å²) in [6.45, 7) is 1.75. The lowest BCUT2D eigenvalue weighted by Crippen LogP contribution is -2.22. The van der Waals surface area contributed by atoms with E-state index in [-0.39, 0.29) is 0 Å². The molecule has 2 aromatic carbocycles. The molecular weight excluding hydrogens is 260 g/mol. The van der Waals surface area contributed by atoms with Gasteiger partial charge in [-0.3, -0.25) is 4.98 Å². The molecule has 3 aromatic rings. The summed E-state index contributed by atoms with van der Waals surface area (Å²) in [5, 5.41) is 20.8. The number of hydrogen-bond acceptors (Lipinski definition) is 3. The quantitative estimate of drug-likeness (QED) is 0.779. The molecule has 1 atom stereocenters. The van der Waals surface area contributed by atoms with Crippen molar-refractivity contribution in [3.05, 3.63) is 77.5 Å². The first-order valence-electron chi connectivity index (χ1n) is 6.69. The fraction of sp³-hybridized carbons (Fsp3) is 0.111. The van der Waals surface area contributed by atoms with Crippen molar-refractivity contribution in [2.45, 2.75) is 12.5 Å². The van der Waals surface area contributed by atoms with Crippen LogP contribution in [0.1, 0.15) is 23.6 Å². The van der Waals surface area contributed by atoms with E-state index in [1.165, 1.54) is 0 Å². The number of pyridine rings is 1. The normalized spacial score (nSPS) is 13.6. The summed E-state index contributed by atoms with van der Waals surface area (Å²) in [6.07, 6.45) is 1.74. The average Bonchev–Trinajstić information content (AvgIpc) is 2.54. The first-order valence-corrected chi connectivity index (χ1v) is 6.69. The third-order valence-corrected chi connectivity index (χ3v) is 3.74. The molecule has 0 saturated heterocycles. The highest BCUT2D eigenvalue weighted by molar-refractivity contribution is 5.79. The topological polar surface area (TPSA) is 56.9 Å². The van der Waals surface area contributed by atoms with Crippen LogP contribution in [0.3, 0.4) is 0 Å². The van der Waals surface area contributed by atoms with Crippen LogP contribution in [0.25, 0.3) is 10.9 Å². The lowest BCUT2D eigenvalue weighted by Gasteiger charge is -2.24. The molecule has 0 bridgehead atoms. The van der Waals surface area contributed by atoms with Crippen LogP contribution in [-0.2, 0) is 5.60 Å². The first kappa shape index (κ1) is 13.3. The van der Waals surface area contributed by atoms with E-state index in [1.807, 2.05) is 30.3 Å². The molecule has 1 heterocycles. The summed E-state index contributed by atoms with van der Waals surface area (Å²) in [6, 6.07) is 18.7. The van der Waals surface area contributed by atoms with Crippen molar-refractivity contribution < 1.29 is 5.11 Å². The van der Waals surface area contributed by atoms with Crippen LogP contribution < -0.4 is 0 Å². The van der Waals surface area contributed by atoms with E-state index in [2.05, 4.69) is 11.1 Å². The van der Waals surface area contributed by atoms with E-state index in [0.717, 1.165) is 22.0 Å². The van der Waals surface area contributed by atoms with E-state index >= 15 is 0 Å². The minimum Gasteiger partial charge on any atom is -0.381 e. The summed E-state index contributed by atoms with van der Waals surface area (Å²) in [4.78, 5) is 4.32. The molecule has 1 aromatic heterocycles. The lowest BCUT2D eigenvalue weighted by atomic mass is 9.87. The van der Waals surface area contributed by atoms with Crippen LogP contribution in [0.4, 0.5) is 0 Å². The highest BCUT2D eigenvalue weighted by atomic mass is 16.3. The summed E-state index contributed by atoms with van der Waals surface area (Å²) in [5.41, 5.74) is 1.83. The Morgan fingerprint density at radius 1 is 1.05 bits per heavy atom. The van der Waals surface area contributed by atoms with Crippen molar-refractivity contribution in [3.8, 4) is 6.07 Å². The van der Waals surface area contributed by atoms with Gasteiger partial charge in [-0.25, -0.2) is 0 Å². The molecular formula is C18H14N2O. The maximum absolute atomic E-state index is 10.9.